The lowest BCUT2D eigenvalue weighted by Gasteiger charge is -2.11. The number of hydrogen-bond donors (Lipinski definition) is 1. The molecule has 0 amide bonds. The van der Waals surface area contributed by atoms with E-state index in [2.05, 4.69) is 21.2 Å². The fourth-order valence-corrected chi connectivity index (χ4v) is 3.31. The zero-order chi connectivity index (χ0) is 19.0. The van der Waals surface area contributed by atoms with E-state index in [1.54, 1.807) is 0 Å². The molecule has 0 saturated heterocycles. The van der Waals surface area contributed by atoms with E-state index < -0.39 is 11.9 Å². The minimum atomic E-state index is -4.43. The molecule has 3 heterocycles. The number of fused-ring (bicyclic) bond motifs is 1. The number of benzene rings is 1. The minimum Gasteiger partial charge on any atom is -0.379 e. The Labute approximate surface area is 154 Å². The average Bonchev–Trinajstić information content (AvgIpc) is 3.23. The van der Waals surface area contributed by atoms with Gasteiger partial charge in [-0.15, -0.1) is 0 Å². The normalized spacial score (nSPS) is 14.2. The summed E-state index contributed by atoms with van der Waals surface area (Å²) >= 11 is 0. The summed E-state index contributed by atoms with van der Waals surface area (Å²) in [4.78, 5) is 4.71. The molecular weight excluding hydrogens is 355 g/mol. The molecule has 4 rings (SSSR count). The van der Waals surface area contributed by atoms with Crippen LogP contribution in [0.4, 0.5) is 18.9 Å². The molecule has 142 valence electrons. The first kappa shape index (κ1) is 17.6. The van der Waals surface area contributed by atoms with Crippen molar-refractivity contribution in [1.29, 1.82) is 0 Å². The summed E-state index contributed by atoms with van der Waals surface area (Å²) in [7, 11) is 1.51. The van der Waals surface area contributed by atoms with Crippen molar-refractivity contribution < 1.29 is 13.2 Å². The summed E-state index contributed by atoms with van der Waals surface area (Å²) in [6, 6.07) is 8.84. The topological polar surface area (TPSA) is 47.7 Å². The third-order valence-corrected chi connectivity index (χ3v) is 4.83. The molecule has 8 heteroatoms. The van der Waals surface area contributed by atoms with E-state index in [9.17, 15) is 13.2 Å². The fourth-order valence-electron chi connectivity index (χ4n) is 3.31. The second kappa shape index (κ2) is 6.75. The third-order valence-electron chi connectivity index (χ3n) is 4.83. The van der Waals surface area contributed by atoms with Crippen LogP contribution in [0.15, 0.2) is 36.5 Å². The van der Waals surface area contributed by atoms with Crippen molar-refractivity contribution >= 4 is 5.69 Å². The van der Waals surface area contributed by atoms with Gasteiger partial charge in [-0.25, -0.2) is 4.98 Å². The molecular formula is C19H20F3N5. The number of aromatic nitrogens is 4. The number of aryl methyl sites for hydroxylation is 3. The molecule has 1 aliphatic heterocycles. The highest BCUT2D eigenvalue weighted by molar-refractivity contribution is 5.62. The van der Waals surface area contributed by atoms with E-state index in [4.69, 9.17) is 4.98 Å². The summed E-state index contributed by atoms with van der Waals surface area (Å²) in [5.41, 5.74) is 2.41. The van der Waals surface area contributed by atoms with Gasteiger partial charge in [-0.2, -0.15) is 18.3 Å². The number of nitrogens with zero attached hydrogens (tertiary/aromatic N) is 4. The molecule has 0 aliphatic carbocycles. The quantitative estimate of drug-likeness (QED) is 0.742. The van der Waals surface area contributed by atoms with E-state index in [0.29, 0.717) is 5.69 Å². The summed E-state index contributed by atoms with van der Waals surface area (Å²) in [6.07, 6.45) is 1.05. The van der Waals surface area contributed by atoms with E-state index in [1.807, 2.05) is 24.3 Å². The monoisotopic (exact) mass is 375 g/mol. The Kier molecular flexibility index (Phi) is 4.41. The van der Waals surface area contributed by atoms with Gasteiger partial charge in [0.25, 0.3) is 0 Å². The molecule has 1 aliphatic rings. The van der Waals surface area contributed by atoms with Crippen molar-refractivity contribution in [3.63, 3.8) is 0 Å². The van der Waals surface area contributed by atoms with Crippen molar-refractivity contribution in [3.05, 3.63) is 53.7 Å². The van der Waals surface area contributed by atoms with Gasteiger partial charge < -0.3 is 9.88 Å². The Morgan fingerprint density at radius 2 is 1.93 bits per heavy atom. The number of rotatable bonds is 4. The maximum absolute atomic E-state index is 12.7. The number of nitrogens with one attached hydrogen (secondary N) is 1. The van der Waals surface area contributed by atoms with Crippen LogP contribution in [0.1, 0.15) is 30.1 Å². The van der Waals surface area contributed by atoms with Crippen LogP contribution in [-0.4, -0.2) is 19.3 Å². The van der Waals surface area contributed by atoms with Gasteiger partial charge in [-0.05, 0) is 31.0 Å². The lowest BCUT2D eigenvalue weighted by molar-refractivity contribution is -0.141. The second-order valence-electron chi connectivity index (χ2n) is 6.77. The average molecular weight is 375 g/mol. The lowest BCUT2D eigenvalue weighted by atomic mass is 10.1. The van der Waals surface area contributed by atoms with Crippen LogP contribution in [0.25, 0.3) is 11.3 Å². The van der Waals surface area contributed by atoms with E-state index in [1.165, 1.54) is 24.6 Å². The summed E-state index contributed by atoms with van der Waals surface area (Å²) < 4.78 is 41.7. The first-order chi connectivity index (χ1) is 12.9. The van der Waals surface area contributed by atoms with Gasteiger partial charge in [-0.1, -0.05) is 12.1 Å². The second-order valence-corrected chi connectivity index (χ2v) is 6.77. The van der Waals surface area contributed by atoms with Gasteiger partial charge in [0, 0.05) is 37.5 Å². The van der Waals surface area contributed by atoms with E-state index in [0.717, 1.165) is 41.8 Å². The van der Waals surface area contributed by atoms with Gasteiger partial charge in [0.05, 0.1) is 17.9 Å². The molecule has 2 aromatic heterocycles. The third kappa shape index (κ3) is 3.70. The zero-order valence-corrected chi connectivity index (χ0v) is 14.9. The predicted octanol–water partition coefficient (Wildman–Crippen LogP) is 4.25. The molecule has 0 spiro atoms. The van der Waals surface area contributed by atoms with Crippen molar-refractivity contribution in [3.8, 4) is 11.3 Å². The van der Waals surface area contributed by atoms with Crippen LogP contribution in [0.5, 0.6) is 0 Å². The molecule has 0 radical (unpaired) electrons. The highest BCUT2D eigenvalue weighted by Crippen LogP contribution is 2.29. The molecule has 3 aromatic rings. The Bertz CT molecular complexity index is 914. The van der Waals surface area contributed by atoms with Crippen LogP contribution < -0.4 is 5.32 Å². The molecule has 0 bridgehead atoms. The maximum atomic E-state index is 12.7. The number of anilines is 1. The molecule has 0 atom stereocenters. The predicted molar refractivity (Wildman–Crippen MR) is 96.1 cm³/mol. The molecule has 1 N–H and O–H groups in total. The van der Waals surface area contributed by atoms with Crippen LogP contribution in [0.3, 0.4) is 0 Å². The molecule has 0 unspecified atom stereocenters. The van der Waals surface area contributed by atoms with Gasteiger partial charge >= 0.3 is 6.18 Å². The first-order valence-corrected chi connectivity index (χ1v) is 8.90. The first-order valence-electron chi connectivity index (χ1n) is 8.90. The molecule has 5 nitrogen and oxygen atoms in total. The van der Waals surface area contributed by atoms with Crippen LogP contribution in [0, 0.1) is 0 Å². The molecule has 0 fully saturated rings. The van der Waals surface area contributed by atoms with Crippen LogP contribution >= 0.6 is 0 Å². The van der Waals surface area contributed by atoms with Crippen molar-refractivity contribution in [2.45, 2.75) is 38.5 Å². The number of imidazole rings is 1. The Balaban J connectivity index is 1.44. The number of halogens is 3. The van der Waals surface area contributed by atoms with Gasteiger partial charge in [0.2, 0.25) is 0 Å². The smallest absolute Gasteiger partial charge is 0.379 e. The highest BCUT2D eigenvalue weighted by atomic mass is 19.4. The van der Waals surface area contributed by atoms with Crippen LogP contribution in [-0.2, 0) is 32.7 Å². The summed E-state index contributed by atoms with van der Waals surface area (Å²) in [6.45, 7) is 1.28. The van der Waals surface area contributed by atoms with Gasteiger partial charge in [0.15, 0.2) is 5.69 Å². The minimum absolute atomic E-state index is 0.262. The summed E-state index contributed by atoms with van der Waals surface area (Å²) in [5.74, 6) is 1.13. The zero-order valence-electron chi connectivity index (χ0n) is 14.9. The largest absolute Gasteiger partial charge is 0.435 e. The van der Waals surface area contributed by atoms with Gasteiger partial charge in [0.1, 0.15) is 5.82 Å². The van der Waals surface area contributed by atoms with Gasteiger partial charge in [-0.3, -0.25) is 4.68 Å². The van der Waals surface area contributed by atoms with E-state index in [-0.39, 0.29) is 6.54 Å². The van der Waals surface area contributed by atoms with Crippen molar-refractivity contribution in [2.24, 2.45) is 7.05 Å². The van der Waals surface area contributed by atoms with Crippen molar-refractivity contribution in [2.75, 3.05) is 5.32 Å². The SMILES string of the molecule is Cn1nc(C(F)(F)F)cc1CNc1ccc(-c2cn3c(n2)CCCC3)cc1. The lowest BCUT2D eigenvalue weighted by Crippen LogP contribution is -2.08. The number of hydrogen-bond acceptors (Lipinski definition) is 3. The van der Waals surface area contributed by atoms with Crippen LogP contribution in [0.2, 0.25) is 0 Å². The molecule has 1 aromatic carbocycles. The Hall–Kier alpha value is -2.77. The Morgan fingerprint density at radius 3 is 2.59 bits per heavy atom. The molecule has 0 saturated carbocycles. The summed E-state index contributed by atoms with van der Waals surface area (Å²) in [5, 5.41) is 6.66. The highest BCUT2D eigenvalue weighted by Gasteiger charge is 2.34. The maximum Gasteiger partial charge on any atom is 0.435 e. The standard InChI is InChI=1S/C19H20F3N5/c1-26-15(10-17(25-26)19(20,21)22)11-23-14-7-5-13(6-8-14)16-12-27-9-3-2-4-18(27)24-16/h5-8,10,12,23H,2-4,9,11H2,1H3. The fraction of sp³-hybridized carbons (Fsp3) is 0.368. The van der Waals surface area contributed by atoms with E-state index >= 15 is 0 Å². The molecule has 27 heavy (non-hydrogen) atoms. The van der Waals surface area contributed by atoms with Crippen molar-refractivity contribution in [1.82, 2.24) is 19.3 Å². The Morgan fingerprint density at radius 1 is 1.15 bits per heavy atom. The number of alkyl halides is 3.